The summed E-state index contributed by atoms with van der Waals surface area (Å²) in [4.78, 5) is 13.9. The maximum Gasteiger partial charge on any atom is 0.254 e. The minimum atomic E-state index is -0.0978. The van der Waals surface area contributed by atoms with Crippen molar-refractivity contribution in [2.45, 2.75) is 0 Å². The van der Waals surface area contributed by atoms with Gasteiger partial charge in [0.05, 0.1) is 5.56 Å². The molecule has 0 atom stereocenters. The molecule has 3 rings (SSSR count). The Morgan fingerprint density at radius 3 is 2.45 bits per heavy atom. The zero-order valence-electron chi connectivity index (χ0n) is 12.3. The Balaban J connectivity index is 2.15. The highest BCUT2D eigenvalue weighted by molar-refractivity contribution is 6.00. The Kier molecular flexibility index (Phi) is 3.65. The first-order valence-corrected chi connectivity index (χ1v) is 6.82. The summed E-state index contributed by atoms with van der Waals surface area (Å²) in [5.41, 5.74) is 3.27. The molecule has 3 aromatic rings. The summed E-state index contributed by atoms with van der Waals surface area (Å²) in [6, 6.07) is 15.6. The zero-order valence-corrected chi connectivity index (χ0v) is 12.3. The van der Waals surface area contributed by atoms with Crippen LogP contribution in [0.15, 0.2) is 48.5 Å². The molecule has 6 nitrogen and oxygen atoms in total. The van der Waals surface area contributed by atoms with Gasteiger partial charge >= 0.3 is 0 Å². The Morgan fingerprint density at radius 1 is 1.05 bits per heavy atom. The molecule has 2 aromatic carbocycles. The maximum atomic E-state index is 12.3. The van der Waals surface area contributed by atoms with Gasteiger partial charge in [-0.15, -0.1) is 10.2 Å². The number of H-pyrrole nitrogens is 1. The Hall–Kier alpha value is -3.02. The van der Waals surface area contributed by atoms with E-state index in [1.54, 1.807) is 20.2 Å². The van der Waals surface area contributed by atoms with Gasteiger partial charge < -0.3 is 4.90 Å². The van der Waals surface area contributed by atoms with E-state index in [1.165, 1.54) is 4.90 Å². The molecule has 0 aliphatic heterocycles. The van der Waals surface area contributed by atoms with Crippen LogP contribution >= 0.6 is 0 Å². The number of carbonyl (C=O) groups excluding carboxylic acids is 1. The summed E-state index contributed by atoms with van der Waals surface area (Å²) in [5, 5.41) is 14.0. The summed E-state index contributed by atoms with van der Waals surface area (Å²) in [6.45, 7) is 0. The van der Waals surface area contributed by atoms with E-state index in [1.807, 2.05) is 42.5 Å². The minimum absolute atomic E-state index is 0.0978. The van der Waals surface area contributed by atoms with E-state index in [-0.39, 0.29) is 5.91 Å². The molecule has 0 radical (unpaired) electrons. The number of amides is 1. The molecule has 1 amide bonds. The first-order chi connectivity index (χ1) is 10.7. The van der Waals surface area contributed by atoms with Gasteiger partial charge in [-0.3, -0.25) is 4.79 Å². The van der Waals surface area contributed by atoms with Crippen molar-refractivity contribution in [1.82, 2.24) is 25.5 Å². The number of rotatable bonds is 3. The maximum absolute atomic E-state index is 12.3. The van der Waals surface area contributed by atoms with Gasteiger partial charge in [0.1, 0.15) is 0 Å². The first kappa shape index (κ1) is 13.9. The molecule has 1 N–H and O–H groups in total. The van der Waals surface area contributed by atoms with E-state index < -0.39 is 0 Å². The van der Waals surface area contributed by atoms with Crippen LogP contribution in [0.4, 0.5) is 0 Å². The third-order valence-electron chi connectivity index (χ3n) is 3.35. The van der Waals surface area contributed by atoms with Crippen LogP contribution in [0, 0.1) is 0 Å². The number of aromatic amines is 1. The Morgan fingerprint density at radius 2 is 1.82 bits per heavy atom. The van der Waals surface area contributed by atoms with Gasteiger partial charge in [0.2, 0.25) is 5.82 Å². The molecule has 0 aliphatic carbocycles. The number of nitrogens with zero attached hydrogens (tertiary/aromatic N) is 4. The molecule has 0 saturated heterocycles. The lowest BCUT2D eigenvalue weighted by Crippen LogP contribution is -2.22. The summed E-state index contributed by atoms with van der Waals surface area (Å²) in [6.07, 6.45) is 0. The van der Waals surface area contributed by atoms with Crippen LogP contribution in [0.25, 0.3) is 22.5 Å². The molecular weight excluding hydrogens is 278 g/mol. The summed E-state index contributed by atoms with van der Waals surface area (Å²) in [5.74, 6) is 0.308. The third-order valence-corrected chi connectivity index (χ3v) is 3.35. The summed E-state index contributed by atoms with van der Waals surface area (Å²) >= 11 is 0. The van der Waals surface area contributed by atoms with Crippen molar-refractivity contribution in [3.8, 4) is 22.5 Å². The fourth-order valence-corrected chi connectivity index (χ4v) is 2.24. The quantitative estimate of drug-likeness (QED) is 0.803. The average Bonchev–Trinajstić information content (AvgIpc) is 3.08. The molecule has 1 aromatic heterocycles. The van der Waals surface area contributed by atoms with Crippen LogP contribution in [0.2, 0.25) is 0 Å². The fraction of sp³-hybridized carbons (Fsp3) is 0.125. The SMILES string of the molecule is CN(C)C(=O)c1ccc(-c2ccccc2)cc1-c1nn[nH]n1. The molecule has 22 heavy (non-hydrogen) atoms. The van der Waals surface area contributed by atoms with Crippen LogP contribution in [0.1, 0.15) is 10.4 Å². The van der Waals surface area contributed by atoms with Gasteiger partial charge in [-0.2, -0.15) is 5.21 Å². The first-order valence-electron chi connectivity index (χ1n) is 6.82. The van der Waals surface area contributed by atoms with E-state index in [2.05, 4.69) is 20.6 Å². The number of hydrogen-bond acceptors (Lipinski definition) is 4. The van der Waals surface area contributed by atoms with Gasteiger partial charge in [-0.25, -0.2) is 0 Å². The molecule has 0 unspecified atom stereocenters. The fourth-order valence-electron chi connectivity index (χ4n) is 2.24. The molecule has 0 spiro atoms. The van der Waals surface area contributed by atoms with Gasteiger partial charge in [-0.1, -0.05) is 36.4 Å². The number of carbonyl (C=O) groups is 1. The third kappa shape index (κ3) is 2.58. The standard InChI is InChI=1S/C16H15N5O/c1-21(2)16(22)13-9-8-12(11-6-4-3-5-7-11)10-14(13)15-17-19-20-18-15/h3-10H,1-2H3,(H,17,18,19,20). The van der Waals surface area contributed by atoms with Crippen LogP contribution < -0.4 is 0 Å². The van der Waals surface area contributed by atoms with Crippen LogP contribution in [0.5, 0.6) is 0 Å². The van der Waals surface area contributed by atoms with Crippen molar-refractivity contribution in [2.24, 2.45) is 0 Å². The monoisotopic (exact) mass is 293 g/mol. The van der Waals surface area contributed by atoms with Crippen molar-refractivity contribution in [2.75, 3.05) is 14.1 Å². The van der Waals surface area contributed by atoms with E-state index in [0.717, 1.165) is 11.1 Å². The lowest BCUT2D eigenvalue weighted by molar-refractivity contribution is 0.0828. The smallest absolute Gasteiger partial charge is 0.254 e. The van der Waals surface area contributed by atoms with Crippen molar-refractivity contribution < 1.29 is 4.79 Å². The second-order valence-electron chi connectivity index (χ2n) is 5.06. The zero-order chi connectivity index (χ0) is 15.5. The molecule has 6 heteroatoms. The number of hydrogen-bond donors (Lipinski definition) is 1. The topological polar surface area (TPSA) is 74.8 Å². The predicted molar refractivity (Wildman–Crippen MR) is 83.1 cm³/mol. The number of aromatic nitrogens is 4. The van der Waals surface area contributed by atoms with E-state index in [4.69, 9.17) is 0 Å². The van der Waals surface area contributed by atoms with E-state index in [0.29, 0.717) is 17.0 Å². The molecular formula is C16H15N5O. The molecule has 0 saturated carbocycles. The van der Waals surface area contributed by atoms with Crippen molar-refractivity contribution in [3.63, 3.8) is 0 Å². The van der Waals surface area contributed by atoms with Gasteiger partial charge in [0.25, 0.3) is 5.91 Å². The molecule has 0 aliphatic rings. The van der Waals surface area contributed by atoms with E-state index in [9.17, 15) is 4.79 Å². The highest BCUT2D eigenvalue weighted by Gasteiger charge is 2.18. The van der Waals surface area contributed by atoms with Crippen molar-refractivity contribution in [1.29, 1.82) is 0 Å². The van der Waals surface area contributed by atoms with Gasteiger partial charge in [0, 0.05) is 19.7 Å². The van der Waals surface area contributed by atoms with Crippen LogP contribution in [-0.2, 0) is 0 Å². The molecule has 110 valence electrons. The minimum Gasteiger partial charge on any atom is -0.345 e. The van der Waals surface area contributed by atoms with Gasteiger partial charge in [-0.05, 0) is 28.5 Å². The summed E-state index contributed by atoms with van der Waals surface area (Å²) in [7, 11) is 3.43. The average molecular weight is 293 g/mol. The summed E-state index contributed by atoms with van der Waals surface area (Å²) < 4.78 is 0. The van der Waals surface area contributed by atoms with Crippen molar-refractivity contribution >= 4 is 5.91 Å². The van der Waals surface area contributed by atoms with Crippen LogP contribution in [-0.4, -0.2) is 45.5 Å². The molecule has 1 heterocycles. The number of nitrogens with one attached hydrogen (secondary N) is 1. The number of tetrazole rings is 1. The van der Waals surface area contributed by atoms with E-state index >= 15 is 0 Å². The van der Waals surface area contributed by atoms with Crippen LogP contribution in [0.3, 0.4) is 0 Å². The highest BCUT2D eigenvalue weighted by Crippen LogP contribution is 2.28. The lowest BCUT2D eigenvalue weighted by atomic mass is 9.98. The van der Waals surface area contributed by atoms with Crippen molar-refractivity contribution in [3.05, 3.63) is 54.1 Å². The molecule has 0 fully saturated rings. The second-order valence-corrected chi connectivity index (χ2v) is 5.06. The lowest BCUT2D eigenvalue weighted by Gasteiger charge is -2.14. The second kappa shape index (κ2) is 5.77. The number of benzene rings is 2. The van der Waals surface area contributed by atoms with Gasteiger partial charge in [0.15, 0.2) is 0 Å². The Bertz CT molecular complexity index is 782. The molecule has 0 bridgehead atoms. The highest BCUT2D eigenvalue weighted by atomic mass is 16.2. The largest absolute Gasteiger partial charge is 0.345 e. The normalized spacial score (nSPS) is 10.5. The predicted octanol–water partition coefficient (Wildman–Crippen LogP) is 2.24. The Labute approximate surface area is 127 Å².